The van der Waals surface area contributed by atoms with E-state index >= 15 is 0 Å². The van der Waals surface area contributed by atoms with E-state index in [1.54, 1.807) is 18.5 Å². The molecule has 9 nitrogen and oxygen atoms in total. The Morgan fingerprint density at radius 3 is 2.92 bits per heavy atom. The zero-order valence-corrected chi connectivity index (χ0v) is 15.0. The van der Waals surface area contributed by atoms with Crippen LogP contribution in [-0.2, 0) is 21.2 Å². The first kappa shape index (κ1) is 18.2. The summed E-state index contributed by atoms with van der Waals surface area (Å²) in [5, 5.41) is 10.3. The zero-order valence-electron chi connectivity index (χ0n) is 13.4. The van der Waals surface area contributed by atoms with Crippen LogP contribution in [0.25, 0.3) is 11.4 Å². The molecule has 0 fully saturated rings. The van der Waals surface area contributed by atoms with Gasteiger partial charge in [-0.05, 0) is 24.6 Å². The van der Waals surface area contributed by atoms with E-state index in [1.165, 1.54) is 11.4 Å². The van der Waals surface area contributed by atoms with Gasteiger partial charge in [-0.1, -0.05) is 5.16 Å². The molecule has 0 spiro atoms. The highest BCUT2D eigenvalue weighted by Crippen LogP contribution is 2.19. The van der Waals surface area contributed by atoms with E-state index in [-0.39, 0.29) is 16.4 Å². The van der Waals surface area contributed by atoms with E-state index in [1.807, 2.05) is 6.07 Å². The van der Waals surface area contributed by atoms with Crippen molar-refractivity contribution in [2.45, 2.75) is 17.1 Å². The Morgan fingerprint density at radius 2 is 2.23 bits per heavy atom. The molecule has 3 aromatic rings. The van der Waals surface area contributed by atoms with Crippen LogP contribution in [0.4, 0.5) is 0 Å². The average Bonchev–Trinajstić information content (AvgIpc) is 3.28. The third kappa shape index (κ3) is 4.50. The van der Waals surface area contributed by atoms with Gasteiger partial charge in [0.05, 0.1) is 12.2 Å². The fraction of sp³-hybridized carbons (Fsp3) is 0.200. The summed E-state index contributed by atoms with van der Waals surface area (Å²) in [5.74, 6) is 0.253. The lowest BCUT2D eigenvalue weighted by molar-refractivity contribution is 0.0499. The Kier molecular flexibility index (Phi) is 5.40. The summed E-state index contributed by atoms with van der Waals surface area (Å²) in [5.41, 5.74) is 0.896. The zero-order chi connectivity index (χ0) is 18.6. The fourth-order valence-corrected chi connectivity index (χ4v) is 3.59. The van der Waals surface area contributed by atoms with Crippen molar-refractivity contribution in [3.05, 3.63) is 47.4 Å². The van der Waals surface area contributed by atoms with Gasteiger partial charge in [0.15, 0.2) is 0 Å². The van der Waals surface area contributed by atoms with E-state index in [9.17, 15) is 13.2 Å². The molecule has 0 aromatic carbocycles. The average molecular weight is 394 g/mol. The lowest BCUT2D eigenvalue weighted by Crippen LogP contribution is -2.10. The van der Waals surface area contributed by atoms with Crippen molar-refractivity contribution in [3.63, 3.8) is 0 Å². The quantitative estimate of drug-likeness (QED) is 0.471. The summed E-state index contributed by atoms with van der Waals surface area (Å²) in [6, 6.07) is 4.79. The van der Waals surface area contributed by atoms with Gasteiger partial charge in [0, 0.05) is 29.8 Å². The number of ether oxygens (including phenoxy) is 1. The third-order valence-corrected chi connectivity index (χ3v) is 5.63. The van der Waals surface area contributed by atoms with Gasteiger partial charge in [0.25, 0.3) is 0 Å². The normalized spacial score (nSPS) is 11.4. The summed E-state index contributed by atoms with van der Waals surface area (Å²) in [7, 11) is -3.82. The number of esters is 1. The summed E-state index contributed by atoms with van der Waals surface area (Å²) in [6.45, 7) is 0.129. The molecule has 136 valence electrons. The summed E-state index contributed by atoms with van der Waals surface area (Å²) in [6.07, 6.45) is 4.20. The van der Waals surface area contributed by atoms with E-state index in [2.05, 4.69) is 15.1 Å². The van der Waals surface area contributed by atoms with Gasteiger partial charge in [0.2, 0.25) is 21.7 Å². The predicted octanol–water partition coefficient (Wildman–Crippen LogP) is 1.63. The van der Waals surface area contributed by atoms with Crippen LogP contribution in [-0.4, -0.2) is 36.1 Å². The number of aromatic nitrogens is 3. The van der Waals surface area contributed by atoms with Crippen molar-refractivity contribution in [2.75, 3.05) is 6.61 Å². The lowest BCUT2D eigenvalue weighted by Gasteiger charge is -2.01. The Hall–Kier alpha value is -2.63. The number of nitrogens with zero attached hydrogens (tertiary/aromatic N) is 3. The number of hydrogen-bond donors (Lipinski definition) is 1. The maximum Gasteiger partial charge on any atom is 0.339 e. The number of sulfonamides is 1. The van der Waals surface area contributed by atoms with Crippen LogP contribution in [0, 0.1) is 0 Å². The molecule has 0 saturated carbocycles. The number of pyridine rings is 1. The standard InChI is InChI=1S/C15H14N4O5S2/c16-26(21,22)13-7-11(9-25-13)15(20)23-6-2-4-12-18-14(19-24-12)10-3-1-5-17-8-10/h1,3,5,7-9H,2,4,6H2,(H2,16,21,22). The van der Waals surface area contributed by atoms with Crippen LogP contribution in [0.1, 0.15) is 22.7 Å². The number of primary sulfonamides is 1. The third-order valence-electron chi connectivity index (χ3n) is 3.25. The van der Waals surface area contributed by atoms with Crippen LogP contribution in [0.3, 0.4) is 0 Å². The lowest BCUT2D eigenvalue weighted by atomic mass is 10.3. The predicted molar refractivity (Wildman–Crippen MR) is 91.8 cm³/mol. The maximum absolute atomic E-state index is 11.9. The number of carbonyl (C=O) groups excluding carboxylic acids is 1. The highest BCUT2D eigenvalue weighted by atomic mass is 32.2. The van der Waals surface area contributed by atoms with Gasteiger partial charge in [-0.15, -0.1) is 11.3 Å². The van der Waals surface area contributed by atoms with E-state index in [4.69, 9.17) is 14.4 Å². The minimum Gasteiger partial charge on any atom is -0.462 e. The Labute approximate surface area is 152 Å². The Balaban J connectivity index is 1.48. The minimum absolute atomic E-state index is 0.0850. The molecule has 0 saturated heterocycles. The first-order valence-corrected chi connectivity index (χ1v) is 9.87. The maximum atomic E-state index is 11.9. The monoisotopic (exact) mass is 394 g/mol. The molecular formula is C15H14N4O5S2. The van der Waals surface area contributed by atoms with E-state index in [0.29, 0.717) is 24.6 Å². The molecule has 0 bridgehead atoms. The molecule has 0 amide bonds. The molecule has 0 aliphatic rings. The van der Waals surface area contributed by atoms with Gasteiger partial charge in [0.1, 0.15) is 4.21 Å². The smallest absolute Gasteiger partial charge is 0.339 e. The van der Waals surface area contributed by atoms with Crippen LogP contribution in [0.15, 0.2) is 44.7 Å². The molecule has 0 radical (unpaired) electrons. The molecule has 3 aromatic heterocycles. The highest BCUT2D eigenvalue weighted by Gasteiger charge is 2.16. The summed E-state index contributed by atoms with van der Waals surface area (Å²) < 4.78 is 32.6. The van der Waals surface area contributed by atoms with Crippen LogP contribution >= 0.6 is 11.3 Å². The van der Waals surface area contributed by atoms with Crippen LogP contribution in [0.2, 0.25) is 0 Å². The second kappa shape index (κ2) is 7.72. The molecular weight excluding hydrogens is 380 g/mol. The Bertz CT molecular complexity index is 998. The van der Waals surface area contributed by atoms with Crippen LogP contribution < -0.4 is 5.14 Å². The molecule has 0 aliphatic heterocycles. The fourth-order valence-electron chi connectivity index (χ4n) is 2.01. The van der Waals surface area contributed by atoms with Crippen molar-refractivity contribution in [3.8, 4) is 11.4 Å². The summed E-state index contributed by atoms with van der Waals surface area (Å²) in [4.78, 5) is 20.1. The molecule has 0 aliphatic carbocycles. The number of carbonyl (C=O) groups is 1. The first-order valence-electron chi connectivity index (χ1n) is 7.45. The van der Waals surface area contributed by atoms with Crippen molar-refractivity contribution in [1.29, 1.82) is 0 Å². The van der Waals surface area contributed by atoms with Crippen LogP contribution in [0.5, 0.6) is 0 Å². The largest absolute Gasteiger partial charge is 0.462 e. The highest BCUT2D eigenvalue weighted by molar-refractivity contribution is 7.91. The topological polar surface area (TPSA) is 138 Å². The minimum atomic E-state index is -3.82. The molecule has 11 heteroatoms. The molecule has 3 heterocycles. The molecule has 26 heavy (non-hydrogen) atoms. The second-order valence-electron chi connectivity index (χ2n) is 5.19. The molecule has 2 N–H and O–H groups in total. The molecule has 0 unspecified atom stereocenters. The van der Waals surface area contributed by atoms with Gasteiger partial charge in [-0.25, -0.2) is 18.4 Å². The number of hydrogen-bond acceptors (Lipinski definition) is 9. The van der Waals surface area contributed by atoms with E-state index in [0.717, 1.165) is 16.9 Å². The number of rotatable bonds is 7. The first-order chi connectivity index (χ1) is 12.4. The molecule has 3 rings (SSSR count). The van der Waals surface area contributed by atoms with Gasteiger partial charge in [-0.2, -0.15) is 4.98 Å². The van der Waals surface area contributed by atoms with Gasteiger partial charge in [-0.3, -0.25) is 4.98 Å². The Morgan fingerprint density at radius 1 is 1.38 bits per heavy atom. The second-order valence-corrected chi connectivity index (χ2v) is 7.89. The van der Waals surface area contributed by atoms with E-state index < -0.39 is 16.0 Å². The van der Waals surface area contributed by atoms with Gasteiger partial charge < -0.3 is 9.26 Å². The molecule has 0 atom stereocenters. The number of thiophene rings is 1. The van der Waals surface area contributed by atoms with Crippen molar-refractivity contribution in [2.24, 2.45) is 5.14 Å². The van der Waals surface area contributed by atoms with Crippen molar-refractivity contribution >= 4 is 27.3 Å². The van der Waals surface area contributed by atoms with Crippen molar-refractivity contribution in [1.82, 2.24) is 15.1 Å². The van der Waals surface area contributed by atoms with Crippen molar-refractivity contribution < 1.29 is 22.5 Å². The number of aryl methyl sites for hydroxylation is 1. The SMILES string of the molecule is NS(=O)(=O)c1cc(C(=O)OCCCc2nc(-c3cccnc3)no2)cs1. The number of nitrogens with two attached hydrogens (primary N) is 1. The van der Waals surface area contributed by atoms with Gasteiger partial charge >= 0.3 is 5.97 Å². The summed E-state index contributed by atoms with van der Waals surface area (Å²) >= 11 is 0.869.